The molecule has 0 bridgehead atoms. The highest BCUT2D eigenvalue weighted by Gasteiger charge is 2.43. The molecule has 2 amide bonds. The van der Waals surface area contributed by atoms with Gasteiger partial charge in [0.05, 0.1) is 17.9 Å². The number of hydrogen-bond donors (Lipinski definition) is 2. The van der Waals surface area contributed by atoms with Gasteiger partial charge in [0.15, 0.2) is 6.61 Å². The number of nitrogens with zero attached hydrogens (tertiary/aromatic N) is 1. The average molecular weight is 413 g/mol. The van der Waals surface area contributed by atoms with Crippen molar-refractivity contribution in [1.29, 1.82) is 0 Å². The second kappa shape index (κ2) is 9.17. The van der Waals surface area contributed by atoms with Crippen LogP contribution in [0.3, 0.4) is 0 Å². The van der Waals surface area contributed by atoms with Gasteiger partial charge in [0.2, 0.25) is 5.91 Å². The summed E-state index contributed by atoms with van der Waals surface area (Å²) in [5.74, 6) is 1.52. The van der Waals surface area contributed by atoms with Crippen molar-refractivity contribution in [2.24, 2.45) is 11.8 Å². The van der Waals surface area contributed by atoms with Gasteiger partial charge in [-0.25, -0.2) is 0 Å². The Bertz CT molecular complexity index is 689. The van der Waals surface area contributed by atoms with Gasteiger partial charge < -0.3 is 20.1 Å². The van der Waals surface area contributed by atoms with Crippen LogP contribution in [0.1, 0.15) is 12.8 Å². The topological polar surface area (TPSA) is 78.9 Å². The average Bonchev–Trinajstić information content (AvgIpc) is 3.03. The van der Waals surface area contributed by atoms with Crippen LogP contribution in [0.2, 0.25) is 5.02 Å². The predicted molar refractivity (Wildman–Crippen MR) is 106 cm³/mol. The molecule has 27 heavy (non-hydrogen) atoms. The third kappa shape index (κ3) is 5.30. The summed E-state index contributed by atoms with van der Waals surface area (Å²) < 4.78 is 5.45. The molecule has 2 aliphatic rings. The number of rotatable bonds is 6. The number of ether oxygens (including phenoxy) is 1. The van der Waals surface area contributed by atoms with Crippen molar-refractivity contribution in [3.05, 3.63) is 29.3 Å². The van der Waals surface area contributed by atoms with Crippen LogP contribution in [0.15, 0.2) is 24.3 Å². The summed E-state index contributed by atoms with van der Waals surface area (Å²) in [5, 5.41) is 13.9. The number of hydrogen-bond acceptors (Lipinski definition) is 5. The maximum atomic E-state index is 12.2. The Morgan fingerprint density at radius 3 is 2.78 bits per heavy atom. The Kier molecular flexibility index (Phi) is 6.89. The molecule has 1 aromatic carbocycles. The molecule has 8 heteroatoms. The Balaban J connectivity index is 1.49. The number of benzene rings is 1. The fourth-order valence-electron chi connectivity index (χ4n) is 3.96. The van der Waals surface area contributed by atoms with Crippen molar-refractivity contribution >= 4 is 35.2 Å². The van der Waals surface area contributed by atoms with Gasteiger partial charge in [0, 0.05) is 18.1 Å². The highest BCUT2D eigenvalue weighted by molar-refractivity contribution is 7.99. The summed E-state index contributed by atoms with van der Waals surface area (Å²) in [6.45, 7) is 1.29. The van der Waals surface area contributed by atoms with Crippen LogP contribution in [-0.4, -0.2) is 65.7 Å². The van der Waals surface area contributed by atoms with Crippen LogP contribution in [-0.2, 0) is 9.59 Å². The SMILES string of the molecule is CSCC(=O)N1C[C@H]2C[C@H](O)[C@@H](NC(=O)COc3cccc(Cl)c3)C[C@H]2C1. The largest absolute Gasteiger partial charge is 0.484 e. The minimum absolute atomic E-state index is 0.129. The van der Waals surface area contributed by atoms with Crippen molar-refractivity contribution in [2.45, 2.75) is 25.0 Å². The van der Waals surface area contributed by atoms with E-state index in [0.717, 1.165) is 0 Å². The van der Waals surface area contributed by atoms with Gasteiger partial charge in [-0.1, -0.05) is 17.7 Å². The number of amides is 2. The third-order valence-corrected chi connectivity index (χ3v) is 6.05. The first kappa shape index (κ1) is 20.3. The van der Waals surface area contributed by atoms with E-state index in [-0.39, 0.29) is 24.5 Å². The number of aliphatic hydroxyl groups excluding tert-OH is 1. The Morgan fingerprint density at radius 1 is 1.33 bits per heavy atom. The molecule has 1 aromatic rings. The molecule has 3 rings (SSSR count). The summed E-state index contributed by atoms with van der Waals surface area (Å²) >= 11 is 7.42. The molecule has 0 radical (unpaired) electrons. The summed E-state index contributed by atoms with van der Waals surface area (Å²) in [6.07, 6.45) is 2.60. The number of likely N-dealkylation sites (tertiary alicyclic amines) is 1. The monoisotopic (exact) mass is 412 g/mol. The number of carbonyl (C=O) groups is 2. The molecule has 148 valence electrons. The van der Waals surface area contributed by atoms with E-state index in [0.29, 0.717) is 54.3 Å². The minimum Gasteiger partial charge on any atom is -0.484 e. The minimum atomic E-state index is -0.600. The number of halogens is 1. The van der Waals surface area contributed by atoms with Crippen molar-refractivity contribution < 1.29 is 19.4 Å². The number of carbonyl (C=O) groups excluding carboxylic acids is 2. The molecule has 1 aliphatic carbocycles. The van der Waals surface area contributed by atoms with E-state index in [1.165, 1.54) is 11.8 Å². The van der Waals surface area contributed by atoms with Gasteiger partial charge in [-0.15, -0.1) is 0 Å². The van der Waals surface area contributed by atoms with E-state index >= 15 is 0 Å². The zero-order chi connectivity index (χ0) is 19.4. The van der Waals surface area contributed by atoms with E-state index in [4.69, 9.17) is 16.3 Å². The first-order valence-electron chi connectivity index (χ1n) is 9.08. The molecule has 0 aromatic heterocycles. The Labute approximate surface area is 168 Å². The van der Waals surface area contributed by atoms with Gasteiger partial charge in [0.1, 0.15) is 5.75 Å². The van der Waals surface area contributed by atoms with Crippen molar-refractivity contribution in [1.82, 2.24) is 10.2 Å². The van der Waals surface area contributed by atoms with Crippen LogP contribution in [0, 0.1) is 11.8 Å². The molecule has 1 aliphatic heterocycles. The lowest BCUT2D eigenvalue weighted by Crippen LogP contribution is -2.50. The van der Waals surface area contributed by atoms with Crippen LogP contribution >= 0.6 is 23.4 Å². The zero-order valence-electron chi connectivity index (χ0n) is 15.3. The molecule has 2 N–H and O–H groups in total. The van der Waals surface area contributed by atoms with Crippen LogP contribution in [0.4, 0.5) is 0 Å². The smallest absolute Gasteiger partial charge is 0.258 e. The molecule has 1 saturated carbocycles. The fraction of sp³-hybridized carbons (Fsp3) is 0.579. The maximum absolute atomic E-state index is 12.2. The molecule has 2 fully saturated rings. The van der Waals surface area contributed by atoms with Gasteiger partial charge in [-0.2, -0.15) is 11.8 Å². The Morgan fingerprint density at radius 2 is 2.07 bits per heavy atom. The summed E-state index contributed by atoms with van der Waals surface area (Å²) in [5.41, 5.74) is 0. The number of thioether (sulfide) groups is 1. The first-order valence-corrected chi connectivity index (χ1v) is 10.9. The molecule has 6 nitrogen and oxygen atoms in total. The fourth-order valence-corrected chi connectivity index (χ4v) is 4.57. The standard InChI is InChI=1S/C19H25ClN2O4S/c1-27-11-19(25)22-8-12-5-16(17(23)6-13(12)9-22)21-18(24)10-26-15-4-2-3-14(20)7-15/h2-4,7,12-13,16-17,23H,5-6,8-11H2,1H3,(H,21,24)/t12-,13+,16-,17-/m0/s1. The highest BCUT2D eigenvalue weighted by Crippen LogP contribution is 2.36. The van der Waals surface area contributed by atoms with Gasteiger partial charge in [-0.3, -0.25) is 9.59 Å². The molecule has 1 heterocycles. The van der Waals surface area contributed by atoms with Gasteiger partial charge in [0.25, 0.3) is 5.91 Å². The summed E-state index contributed by atoms with van der Waals surface area (Å²) in [6, 6.07) is 6.56. The second-order valence-corrected chi connectivity index (χ2v) is 8.51. The van der Waals surface area contributed by atoms with E-state index in [1.54, 1.807) is 24.3 Å². The summed E-state index contributed by atoms with van der Waals surface area (Å²) in [7, 11) is 0. The molecule has 1 saturated heterocycles. The lowest BCUT2D eigenvalue weighted by atomic mass is 9.77. The quantitative estimate of drug-likeness (QED) is 0.744. The van der Waals surface area contributed by atoms with E-state index in [2.05, 4.69) is 5.32 Å². The first-order chi connectivity index (χ1) is 13.0. The third-order valence-electron chi connectivity index (χ3n) is 5.27. The predicted octanol–water partition coefficient (Wildman–Crippen LogP) is 1.80. The van der Waals surface area contributed by atoms with Crippen molar-refractivity contribution in [3.63, 3.8) is 0 Å². The molecule has 0 spiro atoms. The Hall–Kier alpha value is -1.44. The van der Waals surface area contributed by atoms with E-state index < -0.39 is 6.10 Å². The van der Waals surface area contributed by atoms with Gasteiger partial charge >= 0.3 is 0 Å². The van der Waals surface area contributed by atoms with Crippen molar-refractivity contribution in [3.8, 4) is 5.75 Å². The summed E-state index contributed by atoms with van der Waals surface area (Å²) in [4.78, 5) is 26.2. The second-order valence-electron chi connectivity index (χ2n) is 7.21. The van der Waals surface area contributed by atoms with Gasteiger partial charge in [-0.05, 0) is 49.1 Å². The maximum Gasteiger partial charge on any atom is 0.258 e. The zero-order valence-corrected chi connectivity index (χ0v) is 16.8. The molecule has 0 unspecified atom stereocenters. The molecular formula is C19H25ClN2O4S. The normalized spacial score (nSPS) is 27.1. The molecule has 4 atom stereocenters. The highest BCUT2D eigenvalue weighted by atomic mass is 35.5. The van der Waals surface area contributed by atoms with E-state index in [1.807, 2.05) is 11.2 Å². The number of aliphatic hydroxyl groups is 1. The van der Waals surface area contributed by atoms with Crippen LogP contribution in [0.25, 0.3) is 0 Å². The lowest BCUT2D eigenvalue weighted by molar-refractivity contribution is -0.127. The number of nitrogens with one attached hydrogen (secondary N) is 1. The van der Waals surface area contributed by atoms with Crippen LogP contribution < -0.4 is 10.1 Å². The van der Waals surface area contributed by atoms with Crippen LogP contribution in [0.5, 0.6) is 5.75 Å². The molecular weight excluding hydrogens is 388 g/mol. The lowest BCUT2D eigenvalue weighted by Gasteiger charge is -2.35. The van der Waals surface area contributed by atoms with Crippen molar-refractivity contribution in [2.75, 3.05) is 31.7 Å². The van der Waals surface area contributed by atoms with E-state index in [9.17, 15) is 14.7 Å². The number of fused-ring (bicyclic) bond motifs is 1.